The lowest BCUT2D eigenvalue weighted by molar-refractivity contribution is -0.143. The topological polar surface area (TPSA) is 90.7 Å². The van der Waals surface area contributed by atoms with Gasteiger partial charge < -0.3 is 15.1 Å². The Kier molecular flexibility index (Phi) is 5.52. The van der Waals surface area contributed by atoms with Gasteiger partial charge in [-0.2, -0.15) is 0 Å². The van der Waals surface area contributed by atoms with Crippen LogP contribution in [0, 0.1) is 12.8 Å². The van der Waals surface area contributed by atoms with Gasteiger partial charge in [0.25, 0.3) is 0 Å². The molecule has 2 heterocycles. The van der Waals surface area contributed by atoms with E-state index in [-0.39, 0.29) is 18.3 Å². The van der Waals surface area contributed by atoms with Crippen molar-refractivity contribution in [3.05, 3.63) is 15.6 Å². The fourth-order valence-electron chi connectivity index (χ4n) is 2.85. The summed E-state index contributed by atoms with van der Waals surface area (Å²) in [7, 11) is 0. The molecule has 1 aromatic heterocycles. The van der Waals surface area contributed by atoms with Crippen LogP contribution in [0.5, 0.6) is 0 Å². The van der Waals surface area contributed by atoms with Crippen molar-refractivity contribution < 1.29 is 19.8 Å². The van der Waals surface area contributed by atoms with Crippen LogP contribution < -0.4 is 0 Å². The van der Waals surface area contributed by atoms with Crippen molar-refractivity contribution in [2.75, 3.05) is 19.6 Å². The Hall–Kier alpha value is -1.47. The molecule has 0 aliphatic carbocycles. The van der Waals surface area contributed by atoms with Crippen LogP contribution in [0.1, 0.15) is 41.3 Å². The van der Waals surface area contributed by atoms with Gasteiger partial charge in [0.05, 0.1) is 23.0 Å². The van der Waals surface area contributed by atoms with Crippen LogP contribution in [0.3, 0.4) is 0 Å². The summed E-state index contributed by atoms with van der Waals surface area (Å²) in [6.07, 6.45) is 1.67. The van der Waals surface area contributed by atoms with E-state index >= 15 is 0 Å². The quantitative estimate of drug-likeness (QED) is 0.830. The number of piperidine rings is 1. The second-order valence-corrected chi connectivity index (χ2v) is 7.08. The molecule has 122 valence electrons. The second kappa shape index (κ2) is 7.19. The van der Waals surface area contributed by atoms with Gasteiger partial charge in [-0.15, -0.1) is 11.3 Å². The van der Waals surface area contributed by atoms with Gasteiger partial charge in [-0.25, -0.2) is 4.98 Å². The predicted molar refractivity (Wildman–Crippen MR) is 83.4 cm³/mol. The maximum absolute atomic E-state index is 11.1. The summed E-state index contributed by atoms with van der Waals surface area (Å²) < 4.78 is 0. The van der Waals surface area contributed by atoms with E-state index in [9.17, 15) is 9.59 Å². The fraction of sp³-hybridized carbons (Fsp3) is 0.667. The van der Waals surface area contributed by atoms with Crippen LogP contribution in [-0.2, 0) is 16.0 Å². The molecule has 7 heteroatoms. The number of thiazole rings is 1. The molecule has 1 aromatic rings. The molecule has 0 amide bonds. The number of carbonyl (C=O) groups is 2. The first-order valence-electron chi connectivity index (χ1n) is 7.50. The van der Waals surface area contributed by atoms with Crippen molar-refractivity contribution in [2.45, 2.75) is 39.0 Å². The van der Waals surface area contributed by atoms with E-state index in [4.69, 9.17) is 10.2 Å². The fourth-order valence-corrected chi connectivity index (χ4v) is 3.95. The van der Waals surface area contributed by atoms with Crippen molar-refractivity contribution in [1.82, 2.24) is 9.88 Å². The summed E-state index contributed by atoms with van der Waals surface area (Å²) in [4.78, 5) is 29.4. The van der Waals surface area contributed by atoms with E-state index in [1.807, 2.05) is 6.92 Å². The lowest BCUT2D eigenvalue weighted by Gasteiger charge is -2.32. The zero-order valence-corrected chi connectivity index (χ0v) is 13.7. The number of rotatable bonds is 6. The average Bonchev–Trinajstić information content (AvgIpc) is 2.80. The summed E-state index contributed by atoms with van der Waals surface area (Å²) in [5, 5.41) is 19.0. The first kappa shape index (κ1) is 16.9. The molecule has 0 saturated carbocycles. The number of likely N-dealkylation sites (tertiary alicyclic amines) is 1. The summed E-state index contributed by atoms with van der Waals surface area (Å²) in [5.41, 5.74) is 0.788. The Morgan fingerprint density at radius 2 is 2.18 bits per heavy atom. The van der Waals surface area contributed by atoms with E-state index in [0.717, 1.165) is 41.5 Å². The highest BCUT2D eigenvalue weighted by Crippen LogP contribution is 2.27. The molecule has 6 nitrogen and oxygen atoms in total. The molecule has 1 aliphatic rings. The SMILES string of the molecule is Cc1nc(C(C)CN2CCCC(C(=O)O)C2)sc1CC(=O)O. The van der Waals surface area contributed by atoms with E-state index < -0.39 is 11.9 Å². The minimum atomic E-state index is -0.841. The molecule has 1 fully saturated rings. The average molecular weight is 326 g/mol. The van der Waals surface area contributed by atoms with Gasteiger partial charge in [0, 0.05) is 23.9 Å². The number of hydrogen-bond acceptors (Lipinski definition) is 5. The minimum absolute atomic E-state index is 0.0149. The normalized spacial score (nSPS) is 20.7. The van der Waals surface area contributed by atoms with Crippen LogP contribution >= 0.6 is 11.3 Å². The van der Waals surface area contributed by atoms with Crippen molar-refractivity contribution >= 4 is 23.3 Å². The van der Waals surface area contributed by atoms with Crippen LogP contribution in [0.15, 0.2) is 0 Å². The lowest BCUT2D eigenvalue weighted by Crippen LogP contribution is -2.40. The molecule has 1 aliphatic heterocycles. The van der Waals surface area contributed by atoms with E-state index in [0.29, 0.717) is 6.54 Å². The zero-order valence-electron chi connectivity index (χ0n) is 12.9. The number of carboxylic acids is 2. The highest BCUT2D eigenvalue weighted by atomic mass is 32.1. The van der Waals surface area contributed by atoms with Gasteiger partial charge in [0.1, 0.15) is 0 Å². The largest absolute Gasteiger partial charge is 0.481 e. The Labute approximate surface area is 133 Å². The molecule has 0 radical (unpaired) electrons. The van der Waals surface area contributed by atoms with Gasteiger partial charge >= 0.3 is 11.9 Å². The second-order valence-electron chi connectivity index (χ2n) is 5.97. The van der Waals surface area contributed by atoms with E-state index in [2.05, 4.69) is 16.8 Å². The predicted octanol–water partition coefficient (Wildman–Crippen LogP) is 1.98. The van der Waals surface area contributed by atoms with Crippen LogP contribution in [0.25, 0.3) is 0 Å². The van der Waals surface area contributed by atoms with Crippen LogP contribution in [0.2, 0.25) is 0 Å². The van der Waals surface area contributed by atoms with Gasteiger partial charge in [-0.05, 0) is 26.3 Å². The van der Waals surface area contributed by atoms with Crippen LogP contribution in [-0.4, -0.2) is 51.7 Å². The molecule has 0 bridgehead atoms. The van der Waals surface area contributed by atoms with Crippen molar-refractivity contribution in [1.29, 1.82) is 0 Å². The standard InChI is InChI=1S/C15H22N2O4S/c1-9(7-17-5-3-4-11(8-17)15(20)21)14-16-10(2)12(22-14)6-13(18)19/h9,11H,3-8H2,1-2H3,(H,18,19)(H,20,21). The first-order valence-corrected chi connectivity index (χ1v) is 8.31. The lowest BCUT2D eigenvalue weighted by atomic mass is 9.97. The van der Waals surface area contributed by atoms with Gasteiger partial charge in [-0.1, -0.05) is 6.92 Å². The molecule has 2 rings (SSSR count). The maximum Gasteiger partial charge on any atom is 0.308 e. The number of aromatic nitrogens is 1. The summed E-state index contributed by atoms with van der Waals surface area (Å²) in [6.45, 7) is 6.18. The number of carboxylic acid groups (broad SMARTS) is 2. The van der Waals surface area contributed by atoms with Crippen molar-refractivity contribution in [3.63, 3.8) is 0 Å². The third kappa shape index (κ3) is 4.27. The maximum atomic E-state index is 11.1. The first-order chi connectivity index (χ1) is 10.4. The number of hydrogen-bond donors (Lipinski definition) is 2. The van der Waals surface area contributed by atoms with Gasteiger partial charge in [0.15, 0.2) is 0 Å². The molecule has 0 spiro atoms. The summed E-state index contributed by atoms with van der Waals surface area (Å²) in [6, 6.07) is 0. The smallest absolute Gasteiger partial charge is 0.308 e. The number of aliphatic carboxylic acids is 2. The molecular weight excluding hydrogens is 304 g/mol. The molecule has 22 heavy (non-hydrogen) atoms. The molecule has 0 aromatic carbocycles. The monoisotopic (exact) mass is 326 g/mol. The number of aryl methyl sites for hydroxylation is 1. The summed E-state index contributed by atoms with van der Waals surface area (Å²) >= 11 is 1.46. The van der Waals surface area contributed by atoms with Crippen molar-refractivity contribution in [3.8, 4) is 0 Å². The zero-order chi connectivity index (χ0) is 16.3. The third-order valence-electron chi connectivity index (χ3n) is 4.03. The minimum Gasteiger partial charge on any atom is -0.481 e. The molecule has 2 N–H and O–H groups in total. The van der Waals surface area contributed by atoms with Crippen molar-refractivity contribution in [2.24, 2.45) is 5.92 Å². The molecule has 2 unspecified atom stereocenters. The van der Waals surface area contributed by atoms with Gasteiger partial charge in [0.2, 0.25) is 0 Å². The Bertz CT molecular complexity index is 558. The molecule has 1 saturated heterocycles. The Morgan fingerprint density at radius 1 is 1.45 bits per heavy atom. The van der Waals surface area contributed by atoms with E-state index in [1.165, 1.54) is 11.3 Å². The Balaban J connectivity index is 1.98. The van der Waals surface area contributed by atoms with Gasteiger partial charge in [-0.3, -0.25) is 9.59 Å². The molecular formula is C15H22N2O4S. The summed E-state index contributed by atoms with van der Waals surface area (Å²) in [5.74, 6) is -1.65. The highest BCUT2D eigenvalue weighted by Gasteiger charge is 2.27. The van der Waals surface area contributed by atoms with Crippen LogP contribution in [0.4, 0.5) is 0 Å². The highest BCUT2D eigenvalue weighted by molar-refractivity contribution is 7.11. The van der Waals surface area contributed by atoms with E-state index in [1.54, 1.807) is 0 Å². The molecule has 2 atom stereocenters. The third-order valence-corrected chi connectivity index (χ3v) is 5.42. The number of nitrogens with zero attached hydrogens (tertiary/aromatic N) is 2. The Morgan fingerprint density at radius 3 is 2.82 bits per heavy atom.